The maximum atomic E-state index is 12.9. The lowest BCUT2D eigenvalue weighted by Crippen LogP contribution is -2.42. The van der Waals surface area contributed by atoms with Gasteiger partial charge in [0.1, 0.15) is 13.3 Å². The lowest BCUT2D eigenvalue weighted by molar-refractivity contribution is -0.384. The largest absolute Gasteiger partial charge is 0.493 e. The van der Waals surface area contributed by atoms with E-state index in [0.29, 0.717) is 34.2 Å². The molecule has 154 valence electrons. The molecule has 0 radical (unpaired) electrons. The molecule has 1 aromatic heterocycles. The van der Waals surface area contributed by atoms with Gasteiger partial charge in [0.15, 0.2) is 16.3 Å². The third kappa shape index (κ3) is 3.64. The van der Waals surface area contributed by atoms with Crippen LogP contribution in [0, 0.1) is 10.1 Å². The van der Waals surface area contributed by atoms with E-state index < -0.39 is 4.92 Å². The molecule has 0 unspecified atom stereocenters. The molecule has 9 nitrogen and oxygen atoms in total. The predicted molar refractivity (Wildman–Crippen MR) is 113 cm³/mol. The van der Waals surface area contributed by atoms with Crippen molar-refractivity contribution in [3.05, 3.63) is 77.8 Å². The van der Waals surface area contributed by atoms with Crippen LogP contribution in [0.4, 0.5) is 11.4 Å². The lowest BCUT2D eigenvalue weighted by atomic mass is 10.2. The van der Waals surface area contributed by atoms with E-state index in [1.54, 1.807) is 43.1 Å². The van der Waals surface area contributed by atoms with E-state index in [1.807, 2.05) is 17.0 Å². The van der Waals surface area contributed by atoms with Crippen LogP contribution in [-0.2, 0) is 6.67 Å². The van der Waals surface area contributed by atoms with E-state index >= 15 is 0 Å². The number of benzene rings is 2. The van der Waals surface area contributed by atoms with Crippen LogP contribution in [0.2, 0.25) is 0 Å². The van der Waals surface area contributed by atoms with Crippen molar-refractivity contribution in [2.75, 3.05) is 25.8 Å². The van der Waals surface area contributed by atoms with Gasteiger partial charge in [-0.05, 0) is 35.9 Å². The Morgan fingerprint density at radius 1 is 1.13 bits per heavy atom. The predicted octanol–water partition coefficient (Wildman–Crippen LogP) is 1.72. The van der Waals surface area contributed by atoms with Gasteiger partial charge >= 0.3 is 0 Å². The van der Waals surface area contributed by atoms with Crippen LogP contribution in [0.1, 0.15) is 5.56 Å². The van der Waals surface area contributed by atoms with Gasteiger partial charge in [0, 0.05) is 17.8 Å². The number of non-ortho nitro benzene ring substituents is 1. The molecule has 0 amide bonds. The molecule has 0 saturated heterocycles. The van der Waals surface area contributed by atoms with Crippen LogP contribution < -0.4 is 29.3 Å². The molecule has 4 rings (SSSR count). The number of nitro groups is 1. The van der Waals surface area contributed by atoms with Crippen molar-refractivity contribution in [3.8, 4) is 11.5 Å². The smallest absolute Gasteiger partial charge is 0.271 e. The van der Waals surface area contributed by atoms with Crippen molar-refractivity contribution >= 4 is 28.8 Å². The van der Waals surface area contributed by atoms with Crippen molar-refractivity contribution in [2.24, 2.45) is 4.99 Å². The van der Waals surface area contributed by atoms with E-state index in [4.69, 9.17) is 9.47 Å². The standard InChI is InChI=1S/C20H18N4O5S/c1-28-16-8-3-13(9-17(16)29-2)10-18-19(25)23-12-22(11-21-20(23)30-18)14-4-6-15(7-5-14)24(26)27/h3-10H,11-12H2,1-2H3/b18-10-. The molecule has 10 heteroatoms. The summed E-state index contributed by atoms with van der Waals surface area (Å²) >= 11 is 1.32. The number of aromatic nitrogens is 1. The van der Waals surface area contributed by atoms with E-state index in [-0.39, 0.29) is 11.2 Å². The van der Waals surface area contributed by atoms with Crippen molar-refractivity contribution < 1.29 is 14.4 Å². The molecule has 0 aliphatic carbocycles. The summed E-state index contributed by atoms with van der Waals surface area (Å²) in [6.45, 7) is 0.694. The fourth-order valence-corrected chi connectivity index (χ4v) is 4.12. The number of hydrogen-bond donors (Lipinski definition) is 0. The lowest BCUT2D eigenvalue weighted by Gasteiger charge is -2.25. The molecule has 1 aliphatic heterocycles. The Labute approximate surface area is 174 Å². The summed E-state index contributed by atoms with van der Waals surface area (Å²) < 4.78 is 12.7. The summed E-state index contributed by atoms with van der Waals surface area (Å²) in [4.78, 5) is 30.3. The summed E-state index contributed by atoms with van der Waals surface area (Å²) in [5.41, 5.74) is 1.46. The normalized spacial score (nSPS) is 13.5. The maximum Gasteiger partial charge on any atom is 0.271 e. The summed E-state index contributed by atoms with van der Waals surface area (Å²) in [6.07, 6.45) is 1.80. The molecule has 0 spiro atoms. The number of anilines is 1. The van der Waals surface area contributed by atoms with E-state index in [0.717, 1.165) is 11.3 Å². The quantitative estimate of drug-likeness (QED) is 0.455. The monoisotopic (exact) mass is 426 g/mol. The fourth-order valence-electron chi connectivity index (χ4n) is 3.15. The van der Waals surface area contributed by atoms with Gasteiger partial charge in [-0.3, -0.25) is 19.5 Å². The Bertz CT molecular complexity index is 1280. The zero-order chi connectivity index (χ0) is 21.3. The molecule has 0 atom stereocenters. The topological polar surface area (TPSA) is 99.2 Å². The van der Waals surface area contributed by atoms with Gasteiger partial charge in [0.25, 0.3) is 11.2 Å². The number of ether oxygens (including phenoxy) is 2. The fraction of sp³-hybridized carbons (Fsp3) is 0.200. The summed E-state index contributed by atoms with van der Waals surface area (Å²) in [5, 5.41) is 10.8. The minimum atomic E-state index is -0.442. The molecule has 0 fully saturated rings. The van der Waals surface area contributed by atoms with Crippen LogP contribution in [-0.4, -0.2) is 30.4 Å². The van der Waals surface area contributed by atoms with E-state index in [2.05, 4.69) is 4.99 Å². The van der Waals surface area contributed by atoms with Crippen LogP contribution in [0.5, 0.6) is 11.5 Å². The Morgan fingerprint density at radius 3 is 2.53 bits per heavy atom. The molecular weight excluding hydrogens is 408 g/mol. The van der Waals surface area contributed by atoms with Gasteiger partial charge in [-0.25, -0.2) is 4.99 Å². The first-order chi connectivity index (χ1) is 14.5. The van der Waals surface area contributed by atoms with Gasteiger partial charge in [-0.2, -0.15) is 0 Å². The number of fused-ring (bicyclic) bond motifs is 1. The molecule has 0 saturated carbocycles. The second-order valence-electron chi connectivity index (χ2n) is 6.50. The average Bonchev–Trinajstić information content (AvgIpc) is 3.08. The number of nitrogens with zero attached hydrogens (tertiary/aromatic N) is 4. The third-order valence-corrected chi connectivity index (χ3v) is 5.75. The van der Waals surface area contributed by atoms with Crippen LogP contribution in [0.25, 0.3) is 6.08 Å². The summed E-state index contributed by atoms with van der Waals surface area (Å²) in [5.74, 6) is 1.20. The summed E-state index contributed by atoms with van der Waals surface area (Å²) in [6, 6.07) is 11.7. The molecule has 1 aliphatic rings. The first-order valence-electron chi connectivity index (χ1n) is 8.97. The number of rotatable bonds is 5. The molecule has 30 heavy (non-hydrogen) atoms. The number of methoxy groups -OCH3 is 2. The van der Waals surface area contributed by atoms with Crippen LogP contribution in [0.15, 0.2) is 52.3 Å². The maximum absolute atomic E-state index is 12.9. The Hall–Kier alpha value is -3.66. The van der Waals surface area contributed by atoms with E-state index in [9.17, 15) is 14.9 Å². The first-order valence-corrected chi connectivity index (χ1v) is 9.79. The highest BCUT2D eigenvalue weighted by molar-refractivity contribution is 7.07. The molecule has 2 aromatic carbocycles. The summed E-state index contributed by atoms with van der Waals surface area (Å²) in [7, 11) is 3.13. The highest BCUT2D eigenvalue weighted by Gasteiger charge is 2.17. The Kier molecular flexibility index (Phi) is 5.23. The molecular formula is C20H18N4O5S. The van der Waals surface area contributed by atoms with Crippen LogP contribution in [0.3, 0.4) is 0 Å². The van der Waals surface area contributed by atoms with Gasteiger partial charge in [-0.1, -0.05) is 17.4 Å². The molecule has 2 heterocycles. The minimum Gasteiger partial charge on any atom is -0.493 e. The van der Waals surface area contributed by atoms with Crippen LogP contribution >= 0.6 is 11.3 Å². The van der Waals surface area contributed by atoms with Crippen molar-refractivity contribution in [1.29, 1.82) is 0 Å². The van der Waals surface area contributed by atoms with Crippen molar-refractivity contribution in [1.82, 2.24) is 4.57 Å². The highest BCUT2D eigenvalue weighted by Crippen LogP contribution is 2.27. The zero-order valence-electron chi connectivity index (χ0n) is 16.3. The highest BCUT2D eigenvalue weighted by atomic mass is 32.1. The number of hydrogen-bond acceptors (Lipinski definition) is 8. The zero-order valence-corrected chi connectivity index (χ0v) is 17.1. The number of thiazole rings is 1. The van der Waals surface area contributed by atoms with Gasteiger partial charge < -0.3 is 14.4 Å². The molecule has 3 aromatic rings. The van der Waals surface area contributed by atoms with Crippen molar-refractivity contribution in [2.45, 2.75) is 6.67 Å². The molecule has 0 bridgehead atoms. The minimum absolute atomic E-state index is 0.0212. The Morgan fingerprint density at radius 2 is 1.87 bits per heavy atom. The SMILES string of the molecule is COc1ccc(/C=c2\sc3n(c2=O)CN(c2ccc([N+](=O)[O-])cc2)CN=3)cc1OC. The van der Waals surface area contributed by atoms with E-state index in [1.165, 1.54) is 23.5 Å². The second kappa shape index (κ2) is 7.99. The Balaban J connectivity index is 1.65. The number of nitro benzene ring substituents is 1. The van der Waals surface area contributed by atoms with Crippen molar-refractivity contribution in [3.63, 3.8) is 0 Å². The van der Waals surface area contributed by atoms with Gasteiger partial charge in [-0.15, -0.1) is 0 Å². The van der Waals surface area contributed by atoms with Gasteiger partial charge in [0.05, 0.1) is 23.7 Å². The molecule has 0 N–H and O–H groups in total. The first kappa shape index (κ1) is 19.6. The second-order valence-corrected chi connectivity index (χ2v) is 7.50. The van der Waals surface area contributed by atoms with Gasteiger partial charge in [0.2, 0.25) is 0 Å². The average molecular weight is 426 g/mol. The third-order valence-electron chi connectivity index (χ3n) is 4.71.